The average Bonchev–Trinajstić information content (AvgIpc) is 2.81. The monoisotopic (exact) mass is 234 g/mol. The van der Waals surface area contributed by atoms with Gasteiger partial charge in [0, 0.05) is 28.7 Å². The third-order valence-corrected chi connectivity index (χ3v) is 2.82. The highest BCUT2D eigenvalue weighted by molar-refractivity contribution is 5.94. The highest BCUT2D eigenvalue weighted by Crippen LogP contribution is 2.27. The molecule has 1 N–H and O–H groups in total. The molecule has 0 aliphatic rings. The SMILES string of the molecule is Cc1nc(C#N)cc(-c2c[nH]c3ccccc23)n1. The van der Waals surface area contributed by atoms with Crippen LogP contribution in [0.25, 0.3) is 22.2 Å². The molecule has 1 aromatic carbocycles. The van der Waals surface area contributed by atoms with Gasteiger partial charge in [-0.25, -0.2) is 9.97 Å². The van der Waals surface area contributed by atoms with Gasteiger partial charge in [0.15, 0.2) is 0 Å². The van der Waals surface area contributed by atoms with E-state index in [0.29, 0.717) is 11.5 Å². The van der Waals surface area contributed by atoms with Crippen LogP contribution in [0.4, 0.5) is 0 Å². The average molecular weight is 234 g/mol. The van der Waals surface area contributed by atoms with E-state index in [1.165, 1.54) is 0 Å². The quantitative estimate of drug-likeness (QED) is 0.704. The Morgan fingerprint density at radius 1 is 1.22 bits per heavy atom. The summed E-state index contributed by atoms with van der Waals surface area (Å²) < 4.78 is 0. The number of hydrogen-bond donors (Lipinski definition) is 1. The van der Waals surface area contributed by atoms with E-state index in [1.54, 1.807) is 13.0 Å². The van der Waals surface area contributed by atoms with Crippen LogP contribution in [0.15, 0.2) is 36.5 Å². The van der Waals surface area contributed by atoms with Crippen LogP contribution in [0.1, 0.15) is 11.5 Å². The van der Waals surface area contributed by atoms with Crippen molar-refractivity contribution in [1.82, 2.24) is 15.0 Å². The van der Waals surface area contributed by atoms with Gasteiger partial charge in [-0.1, -0.05) is 18.2 Å². The van der Waals surface area contributed by atoms with Crippen molar-refractivity contribution >= 4 is 10.9 Å². The van der Waals surface area contributed by atoms with Gasteiger partial charge < -0.3 is 4.98 Å². The maximum absolute atomic E-state index is 8.95. The predicted octanol–water partition coefficient (Wildman–Crippen LogP) is 2.81. The number of benzene rings is 1. The lowest BCUT2D eigenvalue weighted by Crippen LogP contribution is -1.94. The molecule has 0 spiro atoms. The summed E-state index contributed by atoms with van der Waals surface area (Å²) in [5.41, 5.74) is 3.22. The topological polar surface area (TPSA) is 65.4 Å². The number of para-hydroxylation sites is 1. The summed E-state index contributed by atoms with van der Waals surface area (Å²) in [4.78, 5) is 11.7. The molecule has 0 fully saturated rings. The lowest BCUT2D eigenvalue weighted by molar-refractivity contribution is 1.04. The lowest BCUT2D eigenvalue weighted by Gasteiger charge is -2.01. The molecular formula is C14H10N4. The molecule has 3 aromatic rings. The summed E-state index contributed by atoms with van der Waals surface area (Å²) in [6, 6.07) is 11.8. The van der Waals surface area contributed by atoms with Crippen molar-refractivity contribution in [2.24, 2.45) is 0 Å². The van der Waals surface area contributed by atoms with Crippen molar-refractivity contribution in [3.63, 3.8) is 0 Å². The number of aryl methyl sites for hydroxylation is 1. The first-order valence-corrected chi connectivity index (χ1v) is 5.60. The molecular weight excluding hydrogens is 224 g/mol. The van der Waals surface area contributed by atoms with Gasteiger partial charge in [0.25, 0.3) is 0 Å². The second-order valence-electron chi connectivity index (χ2n) is 4.05. The van der Waals surface area contributed by atoms with E-state index < -0.39 is 0 Å². The van der Waals surface area contributed by atoms with E-state index in [4.69, 9.17) is 5.26 Å². The molecule has 0 unspecified atom stereocenters. The number of H-pyrrole nitrogens is 1. The summed E-state index contributed by atoms with van der Waals surface area (Å²) in [5.74, 6) is 0.606. The van der Waals surface area contributed by atoms with E-state index in [9.17, 15) is 0 Å². The zero-order valence-electron chi connectivity index (χ0n) is 9.81. The van der Waals surface area contributed by atoms with E-state index in [-0.39, 0.29) is 0 Å². The third kappa shape index (κ3) is 1.62. The van der Waals surface area contributed by atoms with Crippen LogP contribution in [0.5, 0.6) is 0 Å². The molecule has 0 amide bonds. The van der Waals surface area contributed by atoms with Crippen molar-refractivity contribution in [2.45, 2.75) is 6.92 Å². The van der Waals surface area contributed by atoms with Crippen molar-refractivity contribution < 1.29 is 0 Å². The molecule has 0 bridgehead atoms. The highest BCUT2D eigenvalue weighted by atomic mass is 14.9. The van der Waals surface area contributed by atoms with Crippen LogP contribution in [0, 0.1) is 18.3 Å². The Bertz CT molecular complexity index is 765. The fraction of sp³-hybridized carbons (Fsp3) is 0.0714. The third-order valence-electron chi connectivity index (χ3n) is 2.82. The maximum atomic E-state index is 8.95. The number of aromatic amines is 1. The standard InChI is InChI=1S/C14H10N4/c1-9-17-10(7-15)6-14(18-9)12-8-16-13-5-3-2-4-11(12)13/h2-6,8,16H,1H3. The van der Waals surface area contributed by atoms with Gasteiger partial charge in [0.2, 0.25) is 0 Å². The minimum Gasteiger partial charge on any atom is -0.360 e. The van der Waals surface area contributed by atoms with E-state index in [0.717, 1.165) is 22.2 Å². The zero-order valence-corrected chi connectivity index (χ0v) is 9.81. The van der Waals surface area contributed by atoms with Gasteiger partial charge >= 0.3 is 0 Å². The minimum atomic E-state index is 0.391. The maximum Gasteiger partial charge on any atom is 0.144 e. The molecule has 0 radical (unpaired) electrons. The van der Waals surface area contributed by atoms with E-state index in [1.807, 2.05) is 30.5 Å². The van der Waals surface area contributed by atoms with Crippen molar-refractivity contribution in [2.75, 3.05) is 0 Å². The number of rotatable bonds is 1. The summed E-state index contributed by atoms with van der Waals surface area (Å²) in [6.45, 7) is 1.79. The first-order valence-electron chi connectivity index (χ1n) is 5.60. The number of nitrogens with one attached hydrogen (secondary N) is 1. The minimum absolute atomic E-state index is 0.391. The van der Waals surface area contributed by atoms with Crippen LogP contribution >= 0.6 is 0 Å². The molecule has 86 valence electrons. The highest BCUT2D eigenvalue weighted by Gasteiger charge is 2.09. The predicted molar refractivity (Wildman–Crippen MR) is 68.8 cm³/mol. The molecule has 3 rings (SSSR count). The molecule has 0 atom stereocenters. The number of aromatic nitrogens is 3. The van der Waals surface area contributed by atoms with Crippen molar-refractivity contribution in [1.29, 1.82) is 5.26 Å². The molecule has 2 aromatic heterocycles. The van der Waals surface area contributed by atoms with Crippen LogP contribution in [-0.2, 0) is 0 Å². The number of fused-ring (bicyclic) bond motifs is 1. The molecule has 2 heterocycles. The Morgan fingerprint density at radius 2 is 2.06 bits per heavy atom. The molecule has 18 heavy (non-hydrogen) atoms. The molecule has 0 saturated heterocycles. The normalized spacial score (nSPS) is 10.4. The number of nitriles is 1. The van der Waals surface area contributed by atoms with Crippen LogP contribution in [0.2, 0.25) is 0 Å². The fourth-order valence-corrected chi connectivity index (χ4v) is 2.05. The zero-order chi connectivity index (χ0) is 12.5. The summed E-state index contributed by atoms with van der Waals surface area (Å²) in [6.07, 6.45) is 1.91. The van der Waals surface area contributed by atoms with Crippen molar-refractivity contribution in [3.8, 4) is 17.3 Å². The second-order valence-corrected chi connectivity index (χ2v) is 4.05. The molecule has 4 heteroatoms. The Kier molecular flexibility index (Phi) is 2.31. The first kappa shape index (κ1) is 10.5. The summed E-state index contributed by atoms with van der Waals surface area (Å²) in [7, 11) is 0. The van der Waals surface area contributed by atoms with Gasteiger partial charge in [-0.2, -0.15) is 5.26 Å². The second kappa shape index (κ2) is 3.97. The Hall–Kier alpha value is -2.67. The lowest BCUT2D eigenvalue weighted by atomic mass is 10.1. The van der Waals surface area contributed by atoms with Gasteiger partial charge in [-0.3, -0.25) is 0 Å². The van der Waals surface area contributed by atoms with Gasteiger partial charge in [-0.05, 0) is 13.0 Å². The number of hydrogen-bond acceptors (Lipinski definition) is 3. The Balaban J connectivity index is 2.27. The Morgan fingerprint density at radius 3 is 2.89 bits per heavy atom. The molecule has 0 aliphatic heterocycles. The number of nitrogens with zero attached hydrogens (tertiary/aromatic N) is 3. The largest absolute Gasteiger partial charge is 0.360 e. The van der Waals surface area contributed by atoms with Gasteiger partial charge in [-0.15, -0.1) is 0 Å². The Labute approximate surface area is 104 Å². The van der Waals surface area contributed by atoms with Gasteiger partial charge in [0.05, 0.1) is 5.69 Å². The van der Waals surface area contributed by atoms with Crippen LogP contribution in [0.3, 0.4) is 0 Å². The van der Waals surface area contributed by atoms with E-state index >= 15 is 0 Å². The fourth-order valence-electron chi connectivity index (χ4n) is 2.05. The van der Waals surface area contributed by atoms with Gasteiger partial charge in [0.1, 0.15) is 17.6 Å². The first-order chi connectivity index (χ1) is 8.78. The molecule has 0 saturated carbocycles. The molecule has 4 nitrogen and oxygen atoms in total. The smallest absolute Gasteiger partial charge is 0.144 e. The summed E-state index contributed by atoms with van der Waals surface area (Å²) in [5, 5.41) is 10.0. The van der Waals surface area contributed by atoms with Crippen molar-refractivity contribution in [3.05, 3.63) is 48.0 Å². The van der Waals surface area contributed by atoms with Crippen LogP contribution < -0.4 is 0 Å². The van der Waals surface area contributed by atoms with E-state index in [2.05, 4.69) is 21.0 Å². The summed E-state index contributed by atoms with van der Waals surface area (Å²) >= 11 is 0. The molecule has 0 aliphatic carbocycles. The van der Waals surface area contributed by atoms with Crippen LogP contribution in [-0.4, -0.2) is 15.0 Å².